The van der Waals surface area contributed by atoms with Crippen molar-refractivity contribution in [1.29, 1.82) is 0 Å². The molecule has 1 saturated heterocycles. The molecule has 1 aromatic rings. The number of allylic oxidation sites excluding steroid dienone is 1. The van der Waals surface area contributed by atoms with Crippen molar-refractivity contribution in [2.45, 2.75) is 89.1 Å². The van der Waals surface area contributed by atoms with E-state index in [4.69, 9.17) is 18.9 Å². The van der Waals surface area contributed by atoms with Crippen LogP contribution in [0.4, 0.5) is 0 Å². The molecular formula is C30H40O7. The van der Waals surface area contributed by atoms with Crippen LogP contribution < -0.4 is 0 Å². The Morgan fingerprint density at radius 2 is 1.86 bits per heavy atom. The van der Waals surface area contributed by atoms with Crippen LogP contribution in [0.3, 0.4) is 0 Å². The molecule has 37 heavy (non-hydrogen) atoms. The van der Waals surface area contributed by atoms with E-state index in [1.807, 2.05) is 24.3 Å². The topological polar surface area (TPSA) is 88.1 Å². The largest absolute Gasteiger partial charge is 0.467 e. The fourth-order valence-corrected chi connectivity index (χ4v) is 6.31. The average molecular weight is 513 g/mol. The van der Waals surface area contributed by atoms with E-state index in [2.05, 4.69) is 6.92 Å². The highest BCUT2D eigenvalue weighted by Crippen LogP contribution is 2.53. The standard InChI is InChI=1S/C30H40O7/c1-3-4-5-9-13-21(31)16-17-22-25(37-30(33)20-11-7-6-8-12-20)18-26-28(22)23-14-10-15-24(29(23)36-26)35-19-27(32)34-2/h6-8,11-12,16-17,22-26,28-29H,3-5,9-10,13-15,18-19H2,1-2H3/b17-16+/t22?,23-,24?,25-,26+,28?,29?/m1/s1. The monoisotopic (exact) mass is 512 g/mol. The Morgan fingerprint density at radius 3 is 2.62 bits per heavy atom. The van der Waals surface area contributed by atoms with Crippen LogP contribution in [0.1, 0.15) is 75.1 Å². The van der Waals surface area contributed by atoms with Crippen LogP contribution in [0.5, 0.6) is 0 Å². The van der Waals surface area contributed by atoms with Gasteiger partial charge < -0.3 is 18.9 Å². The van der Waals surface area contributed by atoms with Gasteiger partial charge in [-0.25, -0.2) is 9.59 Å². The molecule has 2 saturated carbocycles. The molecule has 0 spiro atoms. The number of ketones is 1. The number of methoxy groups -OCH3 is 1. The van der Waals surface area contributed by atoms with Crippen molar-refractivity contribution in [3.8, 4) is 0 Å². The van der Waals surface area contributed by atoms with E-state index in [9.17, 15) is 14.4 Å². The Labute approximate surface area is 219 Å². The van der Waals surface area contributed by atoms with Gasteiger partial charge in [0.1, 0.15) is 12.7 Å². The Kier molecular flexibility index (Phi) is 9.92. The first-order valence-corrected chi connectivity index (χ1v) is 13.8. The predicted octanol–water partition coefficient (Wildman–Crippen LogP) is 5.07. The number of carbonyl (C=O) groups excluding carboxylic acids is 3. The molecule has 2 aliphatic carbocycles. The van der Waals surface area contributed by atoms with Gasteiger partial charge in [0.15, 0.2) is 5.78 Å². The molecule has 1 heterocycles. The number of unbranched alkanes of at least 4 members (excludes halogenated alkanes) is 3. The molecule has 7 heteroatoms. The van der Waals surface area contributed by atoms with Crippen molar-refractivity contribution in [2.75, 3.05) is 13.7 Å². The lowest BCUT2D eigenvalue weighted by molar-refractivity contribution is -0.155. The third kappa shape index (κ3) is 6.88. The van der Waals surface area contributed by atoms with Gasteiger partial charge in [-0.1, -0.05) is 56.9 Å². The zero-order chi connectivity index (χ0) is 26.2. The van der Waals surface area contributed by atoms with Gasteiger partial charge in [-0.2, -0.15) is 0 Å². The first kappa shape index (κ1) is 27.5. The minimum absolute atomic E-state index is 0.0831. The van der Waals surface area contributed by atoms with Crippen LogP contribution in [0.15, 0.2) is 42.5 Å². The quantitative estimate of drug-likeness (QED) is 0.219. The Hall–Kier alpha value is -2.51. The number of rotatable bonds is 12. The minimum Gasteiger partial charge on any atom is -0.467 e. The molecule has 1 aromatic carbocycles. The Bertz CT molecular complexity index is 943. The van der Waals surface area contributed by atoms with E-state index in [0.29, 0.717) is 18.4 Å². The van der Waals surface area contributed by atoms with E-state index < -0.39 is 5.97 Å². The van der Waals surface area contributed by atoms with Gasteiger partial charge in [0.25, 0.3) is 0 Å². The summed E-state index contributed by atoms with van der Waals surface area (Å²) in [5.41, 5.74) is 0.516. The number of benzene rings is 1. The van der Waals surface area contributed by atoms with Crippen LogP contribution in [0, 0.1) is 17.8 Å². The lowest BCUT2D eigenvalue weighted by Gasteiger charge is -2.36. The molecule has 0 amide bonds. The van der Waals surface area contributed by atoms with Crippen LogP contribution in [0.25, 0.3) is 0 Å². The van der Waals surface area contributed by atoms with E-state index >= 15 is 0 Å². The lowest BCUT2D eigenvalue weighted by atomic mass is 9.74. The number of ether oxygens (including phenoxy) is 4. The van der Waals surface area contributed by atoms with Crippen molar-refractivity contribution >= 4 is 17.7 Å². The second-order valence-corrected chi connectivity index (χ2v) is 10.5. The van der Waals surface area contributed by atoms with Gasteiger partial charge in [-0.15, -0.1) is 0 Å². The van der Waals surface area contributed by atoms with Crippen molar-refractivity contribution in [3.05, 3.63) is 48.0 Å². The smallest absolute Gasteiger partial charge is 0.338 e. The first-order valence-electron chi connectivity index (χ1n) is 13.8. The zero-order valence-electron chi connectivity index (χ0n) is 22.0. The average Bonchev–Trinajstić information content (AvgIpc) is 3.44. The normalized spacial score (nSPS) is 30.6. The molecule has 0 bridgehead atoms. The SMILES string of the molecule is CCCCCCC(=O)/C=C/C1C2[C@H]3CCCC(OCC(=O)OC)C3O[C@H]2C[C@H]1OC(=O)c1ccccc1. The molecule has 202 valence electrons. The molecule has 4 unspecified atom stereocenters. The molecular weight excluding hydrogens is 472 g/mol. The third-order valence-electron chi connectivity index (χ3n) is 8.10. The number of hydrogen-bond donors (Lipinski definition) is 0. The maximum atomic E-state index is 12.9. The predicted molar refractivity (Wildman–Crippen MR) is 138 cm³/mol. The number of fused-ring (bicyclic) bond motifs is 3. The first-order chi connectivity index (χ1) is 18.0. The molecule has 4 rings (SSSR count). The maximum absolute atomic E-state index is 12.9. The molecule has 1 aliphatic heterocycles. The lowest BCUT2D eigenvalue weighted by Crippen LogP contribution is -2.41. The van der Waals surface area contributed by atoms with Crippen LogP contribution in [-0.4, -0.2) is 55.9 Å². The summed E-state index contributed by atoms with van der Waals surface area (Å²) in [6.07, 6.45) is 11.1. The van der Waals surface area contributed by atoms with Crippen LogP contribution in [-0.2, 0) is 28.5 Å². The van der Waals surface area contributed by atoms with Crippen molar-refractivity contribution < 1.29 is 33.3 Å². The van der Waals surface area contributed by atoms with Crippen LogP contribution >= 0.6 is 0 Å². The third-order valence-corrected chi connectivity index (χ3v) is 8.10. The summed E-state index contributed by atoms with van der Waals surface area (Å²) >= 11 is 0. The molecule has 7 nitrogen and oxygen atoms in total. The zero-order valence-corrected chi connectivity index (χ0v) is 22.0. The van der Waals surface area contributed by atoms with Gasteiger partial charge in [0.05, 0.1) is 31.0 Å². The summed E-state index contributed by atoms with van der Waals surface area (Å²) in [7, 11) is 1.35. The number of carbonyl (C=O) groups is 3. The summed E-state index contributed by atoms with van der Waals surface area (Å²) in [4.78, 5) is 37.2. The highest BCUT2D eigenvalue weighted by Gasteiger charge is 2.58. The Morgan fingerprint density at radius 1 is 1.05 bits per heavy atom. The van der Waals surface area contributed by atoms with Gasteiger partial charge >= 0.3 is 11.9 Å². The molecule has 7 atom stereocenters. The van der Waals surface area contributed by atoms with E-state index in [0.717, 1.165) is 44.9 Å². The molecule has 0 aromatic heterocycles. The fourth-order valence-electron chi connectivity index (χ4n) is 6.31. The van der Waals surface area contributed by atoms with Crippen LogP contribution in [0.2, 0.25) is 0 Å². The maximum Gasteiger partial charge on any atom is 0.338 e. The highest BCUT2D eigenvalue weighted by molar-refractivity contribution is 5.90. The Balaban J connectivity index is 1.48. The van der Waals surface area contributed by atoms with Gasteiger partial charge in [-0.05, 0) is 43.4 Å². The van der Waals surface area contributed by atoms with Gasteiger partial charge in [0, 0.05) is 24.7 Å². The van der Waals surface area contributed by atoms with Crippen molar-refractivity contribution in [1.82, 2.24) is 0 Å². The molecule has 0 N–H and O–H groups in total. The second-order valence-electron chi connectivity index (χ2n) is 10.5. The number of esters is 2. The second kappa shape index (κ2) is 13.3. The van der Waals surface area contributed by atoms with E-state index in [1.165, 1.54) is 7.11 Å². The molecule has 0 radical (unpaired) electrons. The summed E-state index contributed by atoms with van der Waals surface area (Å²) in [6.45, 7) is 2.07. The van der Waals surface area contributed by atoms with E-state index in [1.54, 1.807) is 18.2 Å². The van der Waals surface area contributed by atoms with Crippen molar-refractivity contribution in [2.24, 2.45) is 17.8 Å². The minimum atomic E-state index is -0.397. The molecule has 3 aliphatic rings. The highest BCUT2D eigenvalue weighted by atomic mass is 16.6. The summed E-state index contributed by atoms with van der Waals surface area (Å²) in [5, 5.41) is 0. The summed E-state index contributed by atoms with van der Waals surface area (Å²) in [5.74, 6) is -0.387. The fraction of sp³-hybridized carbons (Fsp3) is 0.633. The number of hydrogen-bond acceptors (Lipinski definition) is 7. The van der Waals surface area contributed by atoms with Gasteiger partial charge in [-0.3, -0.25) is 4.79 Å². The summed E-state index contributed by atoms with van der Waals surface area (Å²) in [6, 6.07) is 9.00. The van der Waals surface area contributed by atoms with Gasteiger partial charge in [0.2, 0.25) is 0 Å². The summed E-state index contributed by atoms with van der Waals surface area (Å²) < 4.78 is 23.2. The van der Waals surface area contributed by atoms with E-state index in [-0.39, 0.29) is 60.5 Å². The van der Waals surface area contributed by atoms with Crippen molar-refractivity contribution in [3.63, 3.8) is 0 Å². The molecule has 3 fully saturated rings.